The molecule has 2 nitrogen and oxygen atoms in total. The number of aromatic nitrogens is 1. The Morgan fingerprint density at radius 3 is 2.56 bits per heavy atom. The molecule has 0 aliphatic rings. The van der Waals surface area contributed by atoms with Gasteiger partial charge in [0.2, 0.25) is 0 Å². The Hall–Kier alpha value is -2.27. The van der Waals surface area contributed by atoms with Crippen molar-refractivity contribution in [3.05, 3.63) is 48.0 Å². The Labute approximate surface area is 93.3 Å². The first kappa shape index (κ1) is 8.99. The van der Waals surface area contributed by atoms with Crippen molar-refractivity contribution in [3.8, 4) is 6.07 Å². The number of hydrogen-bond donors (Lipinski definition) is 0. The topological polar surface area (TPSA) is 28.7 Å². The van der Waals surface area contributed by atoms with Gasteiger partial charge in [0.05, 0.1) is 17.1 Å². The molecule has 0 fully saturated rings. The third-order valence-electron chi connectivity index (χ3n) is 3.04. The molecule has 1 heterocycles. The first-order chi connectivity index (χ1) is 7.81. The van der Waals surface area contributed by atoms with E-state index >= 15 is 0 Å². The predicted octanol–water partition coefficient (Wildman–Crippen LogP) is 3.20. The fourth-order valence-electron chi connectivity index (χ4n) is 2.23. The molecule has 0 saturated heterocycles. The van der Waals surface area contributed by atoms with E-state index < -0.39 is 0 Å². The summed E-state index contributed by atoms with van der Waals surface area (Å²) in [6.45, 7) is 0. The molecule has 3 aromatic rings. The Bertz CT molecular complexity index is 729. The van der Waals surface area contributed by atoms with Crippen LogP contribution in [0.4, 0.5) is 0 Å². The molecule has 0 atom stereocenters. The Morgan fingerprint density at radius 2 is 1.75 bits per heavy atom. The molecule has 0 bridgehead atoms. The van der Waals surface area contributed by atoms with Gasteiger partial charge in [-0.05, 0) is 18.2 Å². The van der Waals surface area contributed by atoms with E-state index in [1.807, 2.05) is 37.4 Å². The zero-order valence-corrected chi connectivity index (χ0v) is 8.94. The summed E-state index contributed by atoms with van der Waals surface area (Å²) in [5.74, 6) is 0. The normalized spacial score (nSPS) is 10.8. The summed E-state index contributed by atoms with van der Waals surface area (Å²) < 4.78 is 2.13. The van der Waals surface area contributed by atoms with E-state index in [0.717, 1.165) is 5.52 Å². The van der Waals surface area contributed by atoms with Gasteiger partial charge in [-0.15, -0.1) is 0 Å². The standard InChI is InChI=1S/C14H10N2/c1-16-13-5-3-2-4-11(13)12-7-6-10(9-15)8-14(12)16/h2-8H,1H3. The van der Waals surface area contributed by atoms with Gasteiger partial charge in [-0.2, -0.15) is 5.26 Å². The lowest BCUT2D eigenvalue weighted by Crippen LogP contribution is -1.86. The lowest BCUT2D eigenvalue weighted by Gasteiger charge is -1.97. The second-order valence-corrected chi connectivity index (χ2v) is 3.92. The van der Waals surface area contributed by atoms with Gasteiger partial charge in [-0.3, -0.25) is 0 Å². The van der Waals surface area contributed by atoms with Crippen molar-refractivity contribution in [1.82, 2.24) is 4.57 Å². The van der Waals surface area contributed by atoms with Gasteiger partial charge in [-0.25, -0.2) is 0 Å². The lowest BCUT2D eigenvalue weighted by molar-refractivity contribution is 1.01. The van der Waals surface area contributed by atoms with Crippen molar-refractivity contribution in [1.29, 1.82) is 5.26 Å². The van der Waals surface area contributed by atoms with E-state index in [1.165, 1.54) is 16.3 Å². The number of aryl methyl sites for hydroxylation is 1. The average molecular weight is 206 g/mol. The van der Waals surface area contributed by atoms with Crippen LogP contribution < -0.4 is 0 Å². The molecule has 1 aromatic heterocycles. The summed E-state index contributed by atoms with van der Waals surface area (Å²) in [6.07, 6.45) is 0. The van der Waals surface area contributed by atoms with E-state index in [0.29, 0.717) is 5.56 Å². The quantitative estimate of drug-likeness (QED) is 0.555. The fourth-order valence-corrected chi connectivity index (χ4v) is 2.23. The second kappa shape index (κ2) is 3.11. The maximum absolute atomic E-state index is 8.90. The minimum absolute atomic E-state index is 0.707. The van der Waals surface area contributed by atoms with Gasteiger partial charge < -0.3 is 4.57 Å². The van der Waals surface area contributed by atoms with Crippen LogP contribution in [0.15, 0.2) is 42.5 Å². The number of rotatable bonds is 0. The maximum Gasteiger partial charge on any atom is 0.0992 e. The fraction of sp³-hybridized carbons (Fsp3) is 0.0714. The molecule has 16 heavy (non-hydrogen) atoms. The summed E-state index contributed by atoms with van der Waals surface area (Å²) in [7, 11) is 2.03. The first-order valence-electron chi connectivity index (χ1n) is 5.18. The van der Waals surface area contributed by atoms with Gasteiger partial charge in [0.1, 0.15) is 0 Å². The predicted molar refractivity (Wildman–Crippen MR) is 65.1 cm³/mol. The highest BCUT2D eigenvalue weighted by Gasteiger charge is 2.07. The largest absolute Gasteiger partial charge is 0.344 e. The monoisotopic (exact) mass is 206 g/mol. The highest BCUT2D eigenvalue weighted by molar-refractivity contribution is 6.08. The van der Waals surface area contributed by atoms with Gasteiger partial charge in [0.25, 0.3) is 0 Å². The third-order valence-corrected chi connectivity index (χ3v) is 3.04. The van der Waals surface area contributed by atoms with E-state index in [9.17, 15) is 0 Å². The molecule has 0 amide bonds. The molecule has 0 N–H and O–H groups in total. The molecule has 0 spiro atoms. The molecular weight excluding hydrogens is 196 g/mol. The third kappa shape index (κ3) is 1.06. The van der Waals surface area contributed by atoms with Crippen molar-refractivity contribution in [2.45, 2.75) is 0 Å². The molecule has 3 rings (SSSR count). The van der Waals surface area contributed by atoms with E-state index in [2.05, 4.69) is 22.8 Å². The highest BCUT2D eigenvalue weighted by atomic mass is 14.9. The number of nitrogens with zero attached hydrogens (tertiary/aromatic N) is 2. The number of hydrogen-bond acceptors (Lipinski definition) is 1. The number of fused-ring (bicyclic) bond motifs is 3. The van der Waals surface area contributed by atoms with E-state index in [1.54, 1.807) is 0 Å². The Balaban J connectivity index is 2.57. The molecule has 0 unspecified atom stereocenters. The summed E-state index contributed by atoms with van der Waals surface area (Å²) in [5.41, 5.74) is 3.02. The summed E-state index contributed by atoms with van der Waals surface area (Å²) >= 11 is 0. The van der Waals surface area contributed by atoms with Crippen molar-refractivity contribution in [3.63, 3.8) is 0 Å². The zero-order chi connectivity index (χ0) is 11.1. The number of benzene rings is 2. The van der Waals surface area contributed by atoms with Crippen LogP contribution in [-0.4, -0.2) is 4.57 Å². The minimum Gasteiger partial charge on any atom is -0.344 e. The van der Waals surface area contributed by atoms with Crippen LogP contribution in [0.25, 0.3) is 21.8 Å². The molecule has 76 valence electrons. The maximum atomic E-state index is 8.90. The molecule has 0 aliphatic carbocycles. The lowest BCUT2D eigenvalue weighted by atomic mass is 10.1. The zero-order valence-electron chi connectivity index (χ0n) is 8.94. The minimum atomic E-state index is 0.707. The number of para-hydroxylation sites is 1. The van der Waals surface area contributed by atoms with Gasteiger partial charge >= 0.3 is 0 Å². The van der Waals surface area contributed by atoms with Gasteiger partial charge in [0, 0.05) is 23.3 Å². The summed E-state index contributed by atoms with van der Waals surface area (Å²) in [5, 5.41) is 11.3. The van der Waals surface area contributed by atoms with Gasteiger partial charge in [0.15, 0.2) is 0 Å². The van der Waals surface area contributed by atoms with Crippen molar-refractivity contribution < 1.29 is 0 Å². The molecule has 0 radical (unpaired) electrons. The Morgan fingerprint density at radius 1 is 1.00 bits per heavy atom. The van der Waals surface area contributed by atoms with Crippen LogP contribution >= 0.6 is 0 Å². The van der Waals surface area contributed by atoms with Crippen LogP contribution in [-0.2, 0) is 7.05 Å². The summed E-state index contributed by atoms with van der Waals surface area (Å²) in [4.78, 5) is 0. The highest BCUT2D eigenvalue weighted by Crippen LogP contribution is 2.28. The summed E-state index contributed by atoms with van der Waals surface area (Å²) in [6, 6.07) is 16.3. The van der Waals surface area contributed by atoms with Crippen molar-refractivity contribution in [2.75, 3.05) is 0 Å². The SMILES string of the molecule is Cn1c2ccccc2c2ccc(C#N)cc21. The molecule has 2 aromatic carbocycles. The molecular formula is C14H10N2. The first-order valence-corrected chi connectivity index (χ1v) is 5.18. The molecule has 2 heteroatoms. The van der Waals surface area contributed by atoms with E-state index in [-0.39, 0.29) is 0 Å². The van der Waals surface area contributed by atoms with Gasteiger partial charge in [-0.1, -0.05) is 24.3 Å². The number of nitriles is 1. The van der Waals surface area contributed by atoms with Crippen LogP contribution in [0.2, 0.25) is 0 Å². The van der Waals surface area contributed by atoms with E-state index in [4.69, 9.17) is 5.26 Å². The van der Waals surface area contributed by atoms with Crippen molar-refractivity contribution >= 4 is 21.8 Å². The molecule has 0 saturated carbocycles. The van der Waals surface area contributed by atoms with Crippen LogP contribution in [0.3, 0.4) is 0 Å². The van der Waals surface area contributed by atoms with Crippen LogP contribution in [0.5, 0.6) is 0 Å². The average Bonchev–Trinajstić information content (AvgIpc) is 2.64. The van der Waals surface area contributed by atoms with Crippen LogP contribution in [0.1, 0.15) is 5.56 Å². The molecule has 0 aliphatic heterocycles. The second-order valence-electron chi connectivity index (χ2n) is 3.92. The van der Waals surface area contributed by atoms with Crippen molar-refractivity contribution in [2.24, 2.45) is 7.05 Å². The smallest absolute Gasteiger partial charge is 0.0992 e. The van der Waals surface area contributed by atoms with Crippen LogP contribution in [0, 0.1) is 11.3 Å². The Kier molecular flexibility index (Phi) is 1.75.